The Morgan fingerprint density at radius 1 is 1.42 bits per heavy atom. The van der Waals surface area contributed by atoms with Crippen LogP contribution in [-0.2, 0) is 0 Å². The van der Waals surface area contributed by atoms with Gasteiger partial charge < -0.3 is 5.11 Å². The second kappa shape index (κ2) is 3.81. The van der Waals surface area contributed by atoms with Gasteiger partial charge in [-0.2, -0.15) is 0 Å². The van der Waals surface area contributed by atoms with Crippen LogP contribution in [-0.4, -0.2) is 11.1 Å². The van der Waals surface area contributed by atoms with Gasteiger partial charge in [0, 0.05) is 3.57 Å². The van der Waals surface area contributed by atoms with Crippen molar-refractivity contribution in [2.45, 2.75) is 0 Å². The van der Waals surface area contributed by atoms with Crippen LogP contribution in [0.25, 0.3) is 0 Å². The van der Waals surface area contributed by atoms with Gasteiger partial charge in [0.15, 0.2) is 0 Å². The number of carboxylic acid groups (broad SMARTS) is 1. The quantitative estimate of drug-likeness (QED) is 0.637. The summed E-state index contributed by atoms with van der Waals surface area (Å²) in [6.07, 6.45) is 0. The molecule has 0 amide bonds. The molecular formula is C7H3Cl2IO2. The minimum atomic E-state index is -1.11. The molecule has 0 aliphatic heterocycles. The van der Waals surface area contributed by atoms with E-state index in [-0.39, 0.29) is 15.6 Å². The zero-order chi connectivity index (χ0) is 9.30. The number of hydrogen-bond acceptors (Lipinski definition) is 1. The zero-order valence-corrected chi connectivity index (χ0v) is 9.31. The van der Waals surface area contributed by atoms with E-state index in [4.69, 9.17) is 28.3 Å². The lowest BCUT2D eigenvalue weighted by Crippen LogP contribution is -1.99. The van der Waals surface area contributed by atoms with E-state index in [2.05, 4.69) is 0 Å². The molecule has 0 aliphatic carbocycles. The summed E-state index contributed by atoms with van der Waals surface area (Å²) < 4.78 is 0.677. The molecule has 1 rings (SSSR count). The molecule has 0 fully saturated rings. The largest absolute Gasteiger partial charge is 0.478 e. The minimum absolute atomic E-state index is 0.0368. The highest BCUT2D eigenvalue weighted by atomic mass is 127. The Hall–Kier alpha value is -0.0000000000000000555. The van der Waals surface area contributed by atoms with Crippen LogP contribution in [0.5, 0.6) is 0 Å². The second-order valence-electron chi connectivity index (χ2n) is 2.02. The monoisotopic (exact) mass is 316 g/mol. The Labute approximate surface area is 92.6 Å². The van der Waals surface area contributed by atoms with Gasteiger partial charge in [-0.1, -0.05) is 23.2 Å². The molecule has 1 aromatic carbocycles. The highest BCUT2D eigenvalue weighted by Gasteiger charge is 2.15. The van der Waals surface area contributed by atoms with Crippen LogP contribution >= 0.6 is 45.8 Å². The maximum Gasteiger partial charge on any atom is 0.338 e. The van der Waals surface area contributed by atoms with Gasteiger partial charge in [-0.3, -0.25) is 0 Å². The standard InChI is InChI=1S/C7H3Cl2IO2/c8-3-1-2-4(10)6(9)5(3)7(11)12/h1-2H,(H,11,12). The van der Waals surface area contributed by atoms with Gasteiger partial charge in [-0.15, -0.1) is 0 Å². The van der Waals surface area contributed by atoms with Gasteiger partial charge >= 0.3 is 5.97 Å². The molecule has 0 aromatic heterocycles. The molecule has 0 saturated carbocycles. The Bertz CT molecular complexity index is 338. The van der Waals surface area contributed by atoms with E-state index in [0.29, 0.717) is 3.57 Å². The van der Waals surface area contributed by atoms with E-state index in [1.54, 1.807) is 6.07 Å². The summed E-state index contributed by atoms with van der Waals surface area (Å²) in [5.41, 5.74) is -0.0368. The minimum Gasteiger partial charge on any atom is -0.478 e. The molecular weight excluding hydrogens is 314 g/mol. The average molecular weight is 317 g/mol. The summed E-state index contributed by atoms with van der Waals surface area (Å²) in [6.45, 7) is 0. The number of benzene rings is 1. The fourth-order valence-electron chi connectivity index (χ4n) is 0.723. The van der Waals surface area contributed by atoms with Crippen LogP contribution < -0.4 is 0 Å². The summed E-state index contributed by atoms with van der Waals surface area (Å²) in [5, 5.41) is 9.05. The summed E-state index contributed by atoms with van der Waals surface area (Å²) in [5.74, 6) is -1.11. The lowest BCUT2D eigenvalue weighted by atomic mass is 10.2. The Balaban J connectivity index is 3.43. The lowest BCUT2D eigenvalue weighted by Gasteiger charge is -2.02. The molecule has 0 radical (unpaired) electrons. The topological polar surface area (TPSA) is 37.3 Å². The van der Waals surface area contributed by atoms with Crippen LogP contribution in [0.4, 0.5) is 0 Å². The number of rotatable bonds is 1. The van der Waals surface area contributed by atoms with E-state index < -0.39 is 5.97 Å². The van der Waals surface area contributed by atoms with Gasteiger partial charge in [0.1, 0.15) is 0 Å². The molecule has 64 valence electrons. The van der Waals surface area contributed by atoms with Crippen molar-refractivity contribution in [2.24, 2.45) is 0 Å². The fraction of sp³-hybridized carbons (Fsp3) is 0. The third-order valence-electron chi connectivity index (χ3n) is 1.26. The van der Waals surface area contributed by atoms with Crippen molar-refractivity contribution >= 4 is 51.8 Å². The van der Waals surface area contributed by atoms with Crippen LogP contribution in [0.2, 0.25) is 10.0 Å². The molecule has 0 saturated heterocycles. The molecule has 0 unspecified atom stereocenters. The normalized spacial score (nSPS) is 9.92. The van der Waals surface area contributed by atoms with Crippen molar-refractivity contribution in [1.29, 1.82) is 0 Å². The molecule has 1 N–H and O–H groups in total. The average Bonchev–Trinajstić information content (AvgIpc) is 1.97. The molecule has 0 aliphatic rings. The van der Waals surface area contributed by atoms with E-state index in [0.717, 1.165) is 0 Å². The van der Waals surface area contributed by atoms with Crippen molar-refractivity contribution in [2.75, 3.05) is 0 Å². The second-order valence-corrected chi connectivity index (χ2v) is 3.97. The first-order valence-electron chi connectivity index (χ1n) is 2.91. The number of carboxylic acids is 1. The maximum absolute atomic E-state index is 10.6. The molecule has 12 heavy (non-hydrogen) atoms. The summed E-state index contributed by atoms with van der Waals surface area (Å²) in [6, 6.07) is 3.18. The van der Waals surface area contributed by atoms with Gasteiger partial charge in [0.25, 0.3) is 0 Å². The molecule has 0 atom stereocenters. The van der Waals surface area contributed by atoms with Crippen molar-refractivity contribution in [3.05, 3.63) is 31.3 Å². The van der Waals surface area contributed by atoms with Crippen LogP contribution in [0.15, 0.2) is 12.1 Å². The van der Waals surface area contributed by atoms with Crippen molar-refractivity contribution in [3.63, 3.8) is 0 Å². The predicted octanol–water partition coefficient (Wildman–Crippen LogP) is 3.30. The van der Waals surface area contributed by atoms with Crippen LogP contribution in [0.1, 0.15) is 10.4 Å². The summed E-state index contributed by atoms with van der Waals surface area (Å²) in [4.78, 5) is 10.6. The first-order valence-corrected chi connectivity index (χ1v) is 4.74. The number of hydrogen-bond donors (Lipinski definition) is 1. The Morgan fingerprint density at radius 3 is 2.42 bits per heavy atom. The first kappa shape index (κ1) is 10.1. The third kappa shape index (κ3) is 1.84. The number of aromatic carboxylic acids is 1. The van der Waals surface area contributed by atoms with Gasteiger partial charge in [-0.25, -0.2) is 4.79 Å². The van der Waals surface area contributed by atoms with Crippen molar-refractivity contribution < 1.29 is 9.90 Å². The summed E-state index contributed by atoms with van der Waals surface area (Å²) in [7, 11) is 0. The smallest absolute Gasteiger partial charge is 0.338 e. The van der Waals surface area contributed by atoms with Crippen LogP contribution in [0.3, 0.4) is 0 Å². The van der Waals surface area contributed by atoms with Gasteiger partial charge in [-0.05, 0) is 34.7 Å². The zero-order valence-electron chi connectivity index (χ0n) is 5.64. The van der Waals surface area contributed by atoms with E-state index >= 15 is 0 Å². The molecule has 1 aromatic rings. The van der Waals surface area contributed by atoms with Crippen molar-refractivity contribution in [1.82, 2.24) is 0 Å². The number of carbonyl (C=O) groups is 1. The third-order valence-corrected chi connectivity index (χ3v) is 3.18. The predicted molar refractivity (Wildman–Crippen MR) is 56.1 cm³/mol. The lowest BCUT2D eigenvalue weighted by molar-refractivity contribution is 0.0697. The molecule has 5 heteroatoms. The Morgan fingerprint density at radius 2 is 2.00 bits per heavy atom. The SMILES string of the molecule is O=C(O)c1c(Cl)ccc(I)c1Cl. The molecule has 2 nitrogen and oxygen atoms in total. The maximum atomic E-state index is 10.6. The summed E-state index contributed by atoms with van der Waals surface area (Å²) >= 11 is 13.3. The fourth-order valence-corrected chi connectivity index (χ4v) is 1.70. The highest BCUT2D eigenvalue weighted by Crippen LogP contribution is 2.28. The highest BCUT2D eigenvalue weighted by molar-refractivity contribution is 14.1. The number of halogens is 3. The Kier molecular flexibility index (Phi) is 3.20. The van der Waals surface area contributed by atoms with Gasteiger partial charge in [0.05, 0.1) is 15.6 Å². The first-order chi connectivity index (χ1) is 5.54. The van der Waals surface area contributed by atoms with E-state index in [1.165, 1.54) is 6.07 Å². The van der Waals surface area contributed by atoms with E-state index in [1.807, 2.05) is 22.6 Å². The van der Waals surface area contributed by atoms with Crippen LogP contribution in [0, 0.1) is 3.57 Å². The molecule has 0 bridgehead atoms. The van der Waals surface area contributed by atoms with Crippen molar-refractivity contribution in [3.8, 4) is 0 Å². The molecule has 0 spiro atoms. The van der Waals surface area contributed by atoms with Gasteiger partial charge in [0.2, 0.25) is 0 Å². The molecule has 0 heterocycles. The van der Waals surface area contributed by atoms with E-state index in [9.17, 15) is 4.79 Å².